The number of carbonyl (C=O) groups is 1. The first-order valence-corrected chi connectivity index (χ1v) is 10.2. The Balaban J connectivity index is 1.45. The van der Waals surface area contributed by atoms with Crippen LogP contribution in [-0.2, 0) is 6.61 Å². The monoisotopic (exact) mass is 428 g/mol. The zero-order chi connectivity index (χ0) is 22.7. The third kappa shape index (κ3) is 4.95. The van der Waals surface area contributed by atoms with Crippen LogP contribution in [0.4, 0.5) is 16.2 Å². The molecule has 32 heavy (non-hydrogen) atoms. The largest absolute Gasteiger partial charge is 0.487 e. The molecule has 4 rings (SSSR count). The van der Waals surface area contributed by atoms with Crippen molar-refractivity contribution in [2.24, 2.45) is 0 Å². The molecule has 0 fully saturated rings. The van der Waals surface area contributed by atoms with E-state index in [0.29, 0.717) is 22.8 Å². The Morgan fingerprint density at radius 3 is 2.47 bits per heavy atom. The highest BCUT2D eigenvalue weighted by molar-refractivity contribution is 6.00. The highest BCUT2D eigenvalue weighted by atomic mass is 16.5. The molecule has 0 radical (unpaired) electrons. The predicted molar refractivity (Wildman–Crippen MR) is 126 cm³/mol. The molecular formula is C25H24N4O3. The normalized spacial score (nSPS) is 10.7. The first-order chi connectivity index (χ1) is 15.4. The van der Waals surface area contributed by atoms with Crippen molar-refractivity contribution in [1.82, 2.24) is 9.38 Å². The number of aryl methyl sites for hydroxylation is 3. The Morgan fingerprint density at radius 2 is 1.69 bits per heavy atom. The molecule has 0 spiro atoms. The molecule has 0 saturated carbocycles. The van der Waals surface area contributed by atoms with E-state index in [1.165, 1.54) is 10.5 Å². The number of nitrogens with zero attached hydrogens (tertiary/aromatic N) is 2. The summed E-state index contributed by atoms with van der Waals surface area (Å²) in [4.78, 5) is 29.2. The number of carbonyl (C=O) groups excluding carboxylic acids is 1. The summed E-state index contributed by atoms with van der Waals surface area (Å²) in [5, 5.41) is 5.68. The summed E-state index contributed by atoms with van der Waals surface area (Å²) >= 11 is 0. The Hall–Kier alpha value is -4.13. The van der Waals surface area contributed by atoms with Gasteiger partial charge in [0.05, 0.1) is 5.69 Å². The van der Waals surface area contributed by atoms with E-state index in [-0.39, 0.29) is 18.2 Å². The maximum atomic E-state index is 12.4. The lowest BCUT2D eigenvalue weighted by molar-refractivity contribution is 0.262. The zero-order valence-electron chi connectivity index (χ0n) is 18.2. The van der Waals surface area contributed by atoms with Gasteiger partial charge >= 0.3 is 6.03 Å². The molecule has 7 heteroatoms. The summed E-state index contributed by atoms with van der Waals surface area (Å²) in [6, 6.07) is 17.8. The topological polar surface area (TPSA) is 84.7 Å². The number of anilines is 2. The molecule has 2 heterocycles. The van der Waals surface area contributed by atoms with Crippen molar-refractivity contribution in [3.8, 4) is 5.75 Å². The molecule has 0 aliphatic rings. The predicted octanol–water partition coefficient (Wildman–Crippen LogP) is 4.84. The van der Waals surface area contributed by atoms with Gasteiger partial charge in [-0.15, -0.1) is 0 Å². The molecule has 162 valence electrons. The molecule has 7 nitrogen and oxygen atoms in total. The summed E-state index contributed by atoms with van der Waals surface area (Å²) < 4.78 is 7.40. The van der Waals surface area contributed by atoms with Crippen LogP contribution in [0.3, 0.4) is 0 Å². The van der Waals surface area contributed by atoms with Crippen LogP contribution in [0.25, 0.3) is 5.65 Å². The molecule has 2 amide bonds. The molecule has 0 aliphatic heterocycles. The van der Waals surface area contributed by atoms with Gasteiger partial charge in [-0.3, -0.25) is 9.20 Å². The summed E-state index contributed by atoms with van der Waals surface area (Å²) in [5.41, 5.74) is 5.32. The number of rotatable bonds is 5. The van der Waals surface area contributed by atoms with Crippen molar-refractivity contribution in [3.63, 3.8) is 0 Å². The minimum Gasteiger partial charge on any atom is -0.487 e. The highest BCUT2D eigenvalue weighted by Gasteiger charge is 2.08. The molecule has 0 aliphatic carbocycles. The molecule has 2 aromatic heterocycles. The van der Waals surface area contributed by atoms with Crippen LogP contribution in [0.5, 0.6) is 5.75 Å². The molecule has 0 unspecified atom stereocenters. The van der Waals surface area contributed by atoms with Gasteiger partial charge in [0.15, 0.2) is 0 Å². The minimum atomic E-state index is -0.339. The number of ether oxygens (including phenoxy) is 1. The average Bonchev–Trinajstić information content (AvgIpc) is 2.73. The van der Waals surface area contributed by atoms with Gasteiger partial charge in [-0.25, -0.2) is 9.78 Å². The number of aromatic nitrogens is 2. The van der Waals surface area contributed by atoms with Gasteiger partial charge in [0.1, 0.15) is 18.0 Å². The highest BCUT2D eigenvalue weighted by Crippen LogP contribution is 2.24. The zero-order valence-corrected chi connectivity index (χ0v) is 18.2. The summed E-state index contributed by atoms with van der Waals surface area (Å²) in [6.07, 6.45) is 1.68. The van der Waals surface area contributed by atoms with Crippen LogP contribution in [-0.4, -0.2) is 15.4 Å². The molecule has 4 aromatic rings. The van der Waals surface area contributed by atoms with Crippen LogP contribution >= 0.6 is 0 Å². The van der Waals surface area contributed by atoms with Crippen molar-refractivity contribution in [2.75, 3.05) is 10.6 Å². The van der Waals surface area contributed by atoms with E-state index in [4.69, 9.17) is 4.74 Å². The lowest BCUT2D eigenvalue weighted by Crippen LogP contribution is -2.19. The van der Waals surface area contributed by atoms with Crippen molar-refractivity contribution < 1.29 is 9.53 Å². The van der Waals surface area contributed by atoms with E-state index in [2.05, 4.69) is 15.6 Å². The second-order valence-electron chi connectivity index (χ2n) is 7.74. The lowest BCUT2D eigenvalue weighted by Gasteiger charge is -2.13. The van der Waals surface area contributed by atoms with Crippen LogP contribution < -0.4 is 20.9 Å². The van der Waals surface area contributed by atoms with E-state index in [1.807, 2.05) is 57.2 Å². The van der Waals surface area contributed by atoms with Crippen LogP contribution in [0.1, 0.15) is 22.4 Å². The van der Waals surface area contributed by atoms with E-state index in [1.54, 1.807) is 24.4 Å². The molecule has 0 saturated heterocycles. The molecule has 2 aromatic carbocycles. The third-order valence-electron chi connectivity index (χ3n) is 4.93. The smallest absolute Gasteiger partial charge is 0.323 e. The van der Waals surface area contributed by atoms with E-state index in [9.17, 15) is 9.59 Å². The van der Waals surface area contributed by atoms with Crippen LogP contribution in [0.15, 0.2) is 71.7 Å². The summed E-state index contributed by atoms with van der Waals surface area (Å²) in [5.74, 6) is 0.601. The SMILES string of the molecule is Cc1cc(C)cc(NC(=O)Nc2ccc(C)c(OCc3cc(=O)n4ccccc4n3)c2)c1. The molecule has 0 atom stereocenters. The van der Waals surface area contributed by atoms with Crippen LogP contribution in [0, 0.1) is 20.8 Å². The quantitative estimate of drug-likeness (QED) is 0.476. The number of amides is 2. The van der Waals surface area contributed by atoms with E-state index in [0.717, 1.165) is 22.4 Å². The Bertz CT molecular complexity index is 1340. The number of pyridine rings is 1. The summed E-state index contributed by atoms with van der Waals surface area (Å²) in [6.45, 7) is 6.02. The number of hydrogen-bond donors (Lipinski definition) is 2. The van der Waals surface area contributed by atoms with Crippen molar-refractivity contribution in [1.29, 1.82) is 0 Å². The average molecular weight is 428 g/mol. The van der Waals surface area contributed by atoms with Gasteiger partial charge < -0.3 is 15.4 Å². The van der Waals surface area contributed by atoms with E-state index < -0.39 is 0 Å². The second-order valence-corrected chi connectivity index (χ2v) is 7.74. The van der Waals surface area contributed by atoms with Crippen molar-refractivity contribution in [3.05, 3.63) is 99.6 Å². The molecule has 2 N–H and O–H groups in total. The molecular weight excluding hydrogens is 404 g/mol. The van der Waals surface area contributed by atoms with Crippen molar-refractivity contribution >= 4 is 23.1 Å². The third-order valence-corrected chi connectivity index (χ3v) is 4.93. The fourth-order valence-electron chi connectivity index (χ4n) is 3.50. The van der Waals surface area contributed by atoms with Gasteiger partial charge in [0, 0.05) is 29.7 Å². The van der Waals surface area contributed by atoms with Gasteiger partial charge in [0.2, 0.25) is 0 Å². The Morgan fingerprint density at radius 1 is 0.938 bits per heavy atom. The van der Waals surface area contributed by atoms with Gasteiger partial charge in [-0.1, -0.05) is 18.2 Å². The number of fused-ring (bicyclic) bond motifs is 1. The van der Waals surface area contributed by atoms with Gasteiger partial charge in [-0.2, -0.15) is 0 Å². The van der Waals surface area contributed by atoms with Gasteiger partial charge in [-0.05, 0) is 67.8 Å². The van der Waals surface area contributed by atoms with Gasteiger partial charge in [0.25, 0.3) is 5.56 Å². The standard InChI is InChI=1S/C25H24N4O3/c1-16-10-17(2)12-20(11-16)28-25(31)27-19-8-7-18(3)22(13-19)32-15-21-14-24(30)29-9-5-4-6-23(29)26-21/h4-14H,15H2,1-3H3,(H2,27,28,31). The first kappa shape index (κ1) is 21.1. The Labute approximate surface area is 185 Å². The fraction of sp³-hybridized carbons (Fsp3) is 0.160. The first-order valence-electron chi connectivity index (χ1n) is 10.2. The fourth-order valence-corrected chi connectivity index (χ4v) is 3.50. The number of benzene rings is 2. The van der Waals surface area contributed by atoms with E-state index >= 15 is 0 Å². The number of hydrogen-bond acceptors (Lipinski definition) is 4. The minimum absolute atomic E-state index is 0.139. The second kappa shape index (κ2) is 8.93. The summed E-state index contributed by atoms with van der Waals surface area (Å²) in [7, 11) is 0. The number of nitrogens with one attached hydrogen (secondary N) is 2. The number of urea groups is 1. The molecule has 0 bridgehead atoms. The lowest BCUT2D eigenvalue weighted by atomic mass is 10.1. The van der Waals surface area contributed by atoms with Crippen LogP contribution in [0.2, 0.25) is 0 Å². The maximum Gasteiger partial charge on any atom is 0.323 e. The Kier molecular flexibility index (Phi) is 5.89. The maximum absolute atomic E-state index is 12.4. The van der Waals surface area contributed by atoms with Crippen molar-refractivity contribution in [2.45, 2.75) is 27.4 Å².